The molecule has 0 spiro atoms. The number of carbonyl (C=O) groups excluding carboxylic acids is 1. The molecule has 2 fully saturated rings. The molecule has 0 unspecified atom stereocenters. The molecule has 3 heteroatoms. The molecule has 92 valence electrons. The Morgan fingerprint density at radius 1 is 1.31 bits per heavy atom. The highest BCUT2D eigenvalue weighted by Crippen LogP contribution is 2.47. The van der Waals surface area contributed by atoms with E-state index in [2.05, 4.69) is 26.1 Å². The molecule has 0 heterocycles. The molecule has 0 aromatic heterocycles. The van der Waals surface area contributed by atoms with Crippen molar-refractivity contribution in [1.82, 2.24) is 5.32 Å². The van der Waals surface area contributed by atoms with Gasteiger partial charge in [-0.25, -0.2) is 0 Å². The van der Waals surface area contributed by atoms with Crippen molar-refractivity contribution >= 4 is 5.91 Å². The summed E-state index contributed by atoms with van der Waals surface area (Å²) in [5.74, 6) is 1.44. The predicted octanol–water partition coefficient (Wildman–Crippen LogP) is 1.52. The summed E-state index contributed by atoms with van der Waals surface area (Å²) in [6.45, 7) is 7.14. The Labute approximate surface area is 98.2 Å². The zero-order valence-electron chi connectivity index (χ0n) is 10.6. The second-order valence-electron chi connectivity index (χ2n) is 6.71. The number of carbonyl (C=O) groups is 1. The Kier molecular flexibility index (Phi) is 2.99. The van der Waals surface area contributed by atoms with Crippen molar-refractivity contribution in [2.24, 2.45) is 28.9 Å². The van der Waals surface area contributed by atoms with Gasteiger partial charge in [-0.3, -0.25) is 4.79 Å². The van der Waals surface area contributed by atoms with Gasteiger partial charge in [0.25, 0.3) is 0 Å². The molecule has 0 saturated heterocycles. The van der Waals surface area contributed by atoms with E-state index < -0.39 is 0 Å². The molecule has 3 nitrogen and oxygen atoms in total. The SMILES string of the molecule is CC(C)(C)CNC(=O)[C@@H]1[C@@H]2CC[C@@H](C2)[C@@H]1N. The van der Waals surface area contributed by atoms with Crippen LogP contribution >= 0.6 is 0 Å². The zero-order valence-corrected chi connectivity index (χ0v) is 10.6. The lowest BCUT2D eigenvalue weighted by Crippen LogP contribution is -2.46. The van der Waals surface area contributed by atoms with E-state index in [9.17, 15) is 4.79 Å². The molecule has 1 amide bonds. The van der Waals surface area contributed by atoms with Crippen molar-refractivity contribution < 1.29 is 4.79 Å². The van der Waals surface area contributed by atoms with Crippen molar-refractivity contribution in [1.29, 1.82) is 0 Å². The Bertz CT molecular complexity index is 280. The van der Waals surface area contributed by atoms with Crippen molar-refractivity contribution in [3.63, 3.8) is 0 Å². The van der Waals surface area contributed by atoms with Crippen LogP contribution in [0.25, 0.3) is 0 Å². The van der Waals surface area contributed by atoms with Crippen LogP contribution in [0, 0.1) is 23.2 Å². The first kappa shape index (κ1) is 11.9. The maximum absolute atomic E-state index is 12.1. The quantitative estimate of drug-likeness (QED) is 0.747. The highest BCUT2D eigenvalue weighted by atomic mass is 16.1. The van der Waals surface area contributed by atoms with Gasteiger partial charge in [0.05, 0.1) is 5.92 Å². The summed E-state index contributed by atoms with van der Waals surface area (Å²) >= 11 is 0. The van der Waals surface area contributed by atoms with Crippen LogP contribution < -0.4 is 11.1 Å². The fourth-order valence-corrected chi connectivity index (χ4v) is 3.19. The molecule has 16 heavy (non-hydrogen) atoms. The number of fused-ring (bicyclic) bond motifs is 2. The maximum atomic E-state index is 12.1. The third kappa shape index (κ3) is 2.24. The molecular formula is C13H24N2O. The van der Waals surface area contributed by atoms with Gasteiger partial charge >= 0.3 is 0 Å². The van der Waals surface area contributed by atoms with Crippen LogP contribution in [0.15, 0.2) is 0 Å². The van der Waals surface area contributed by atoms with Gasteiger partial charge in [-0.1, -0.05) is 20.8 Å². The normalized spacial score (nSPS) is 37.8. The lowest BCUT2D eigenvalue weighted by atomic mass is 9.84. The number of amides is 1. The summed E-state index contributed by atoms with van der Waals surface area (Å²) in [6, 6.07) is 0.110. The average molecular weight is 224 g/mol. The number of hydrogen-bond donors (Lipinski definition) is 2. The van der Waals surface area contributed by atoms with E-state index in [0.717, 1.165) is 6.54 Å². The van der Waals surface area contributed by atoms with Crippen LogP contribution in [-0.4, -0.2) is 18.5 Å². The number of nitrogens with one attached hydrogen (secondary N) is 1. The van der Waals surface area contributed by atoms with Crippen LogP contribution in [0.1, 0.15) is 40.0 Å². The van der Waals surface area contributed by atoms with Gasteiger partial charge in [-0.05, 0) is 36.5 Å². The molecular weight excluding hydrogens is 200 g/mol. The van der Waals surface area contributed by atoms with Crippen LogP contribution in [0.5, 0.6) is 0 Å². The van der Waals surface area contributed by atoms with Crippen LogP contribution in [0.3, 0.4) is 0 Å². The largest absolute Gasteiger partial charge is 0.355 e. The average Bonchev–Trinajstić information content (AvgIpc) is 2.73. The summed E-state index contributed by atoms with van der Waals surface area (Å²) in [5.41, 5.74) is 6.29. The van der Waals surface area contributed by atoms with E-state index in [0.29, 0.717) is 11.8 Å². The Morgan fingerprint density at radius 3 is 2.44 bits per heavy atom. The van der Waals surface area contributed by atoms with Gasteiger partial charge in [-0.15, -0.1) is 0 Å². The molecule has 2 saturated carbocycles. The minimum absolute atomic E-state index is 0.0844. The molecule has 2 aliphatic carbocycles. The van der Waals surface area contributed by atoms with Gasteiger partial charge in [0.1, 0.15) is 0 Å². The molecule has 0 aliphatic heterocycles. The minimum Gasteiger partial charge on any atom is -0.355 e. The van der Waals surface area contributed by atoms with Crippen molar-refractivity contribution in [3.05, 3.63) is 0 Å². The van der Waals surface area contributed by atoms with Gasteiger partial charge < -0.3 is 11.1 Å². The topological polar surface area (TPSA) is 55.1 Å². The van der Waals surface area contributed by atoms with Crippen LogP contribution in [0.4, 0.5) is 0 Å². The van der Waals surface area contributed by atoms with Crippen LogP contribution in [-0.2, 0) is 4.79 Å². The fraction of sp³-hybridized carbons (Fsp3) is 0.923. The second kappa shape index (κ2) is 4.02. The molecule has 0 radical (unpaired) electrons. The van der Waals surface area contributed by atoms with E-state index in [1.807, 2.05) is 0 Å². The maximum Gasteiger partial charge on any atom is 0.224 e. The van der Waals surface area contributed by atoms with Crippen molar-refractivity contribution in [2.75, 3.05) is 6.54 Å². The first-order valence-corrected chi connectivity index (χ1v) is 6.42. The summed E-state index contributed by atoms with van der Waals surface area (Å²) in [7, 11) is 0. The Hall–Kier alpha value is -0.570. The fourth-order valence-electron chi connectivity index (χ4n) is 3.19. The zero-order chi connectivity index (χ0) is 11.9. The third-order valence-corrected chi connectivity index (χ3v) is 4.08. The molecule has 0 aromatic carbocycles. The van der Waals surface area contributed by atoms with E-state index >= 15 is 0 Å². The second-order valence-corrected chi connectivity index (χ2v) is 6.71. The van der Waals surface area contributed by atoms with E-state index in [1.165, 1.54) is 19.3 Å². The lowest BCUT2D eigenvalue weighted by molar-refractivity contribution is -0.127. The van der Waals surface area contributed by atoms with Crippen LogP contribution in [0.2, 0.25) is 0 Å². The molecule has 2 bridgehead atoms. The third-order valence-electron chi connectivity index (χ3n) is 4.08. The number of hydrogen-bond acceptors (Lipinski definition) is 2. The summed E-state index contributed by atoms with van der Waals surface area (Å²) < 4.78 is 0. The molecule has 3 N–H and O–H groups in total. The lowest BCUT2D eigenvalue weighted by Gasteiger charge is -2.28. The first-order valence-electron chi connectivity index (χ1n) is 6.42. The summed E-state index contributed by atoms with van der Waals surface area (Å²) in [4.78, 5) is 12.1. The van der Waals surface area contributed by atoms with E-state index in [1.54, 1.807) is 0 Å². The molecule has 0 aromatic rings. The van der Waals surface area contributed by atoms with Gasteiger partial charge in [0.2, 0.25) is 5.91 Å². The predicted molar refractivity (Wildman–Crippen MR) is 64.8 cm³/mol. The van der Waals surface area contributed by atoms with Gasteiger partial charge in [-0.2, -0.15) is 0 Å². The number of nitrogens with two attached hydrogens (primary N) is 1. The Morgan fingerprint density at radius 2 is 1.94 bits per heavy atom. The summed E-state index contributed by atoms with van der Waals surface area (Å²) in [6.07, 6.45) is 3.61. The smallest absolute Gasteiger partial charge is 0.224 e. The Balaban J connectivity index is 1.91. The highest BCUT2D eigenvalue weighted by molar-refractivity contribution is 5.80. The van der Waals surface area contributed by atoms with Gasteiger partial charge in [0.15, 0.2) is 0 Å². The van der Waals surface area contributed by atoms with Crippen molar-refractivity contribution in [3.8, 4) is 0 Å². The molecule has 4 atom stereocenters. The van der Waals surface area contributed by atoms with E-state index in [4.69, 9.17) is 5.73 Å². The summed E-state index contributed by atoms with van der Waals surface area (Å²) in [5, 5.41) is 3.06. The molecule has 2 aliphatic rings. The standard InChI is InChI=1S/C13H24N2O/c1-13(2,3)7-15-12(16)10-8-4-5-9(6-8)11(10)14/h8-11H,4-7,14H2,1-3H3,(H,15,16)/t8-,9+,10-,11+/m1/s1. The highest BCUT2D eigenvalue weighted by Gasteiger charge is 2.48. The first-order chi connectivity index (χ1) is 7.38. The van der Waals surface area contributed by atoms with Gasteiger partial charge in [0, 0.05) is 12.6 Å². The molecule has 2 rings (SSSR count). The van der Waals surface area contributed by atoms with Crippen molar-refractivity contribution in [2.45, 2.75) is 46.1 Å². The minimum atomic E-state index is 0.0844. The van der Waals surface area contributed by atoms with E-state index in [-0.39, 0.29) is 23.3 Å². The number of rotatable bonds is 2. The monoisotopic (exact) mass is 224 g/mol.